The molecule has 1 aliphatic heterocycles. The average molecular weight is 440 g/mol. The van der Waals surface area contributed by atoms with Crippen molar-refractivity contribution >= 4 is 31.4 Å². The summed E-state index contributed by atoms with van der Waals surface area (Å²) in [6, 6.07) is 8.27. The van der Waals surface area contributed by atoms with Crippen molar-refractivity contribution in [3.05, 3.63) is 46.3 Å². The quantitative estimate of drug-likeness (QED) is 0.181. The van der Waals surface area contributed by atoms with Crippen molar-refractivity contribution in [3.63, 3.8) is 0 Å². The smallest absolute Gasteiger partial charge is 0.451 e. The molecular formula is C18H27BClN5O5. The minimum absolute atomic E-state index is 0. The summed E-state index contributed by atoms with van der Waals surface area (Å²) < 4.78 is 5.41. The van der Waals surface area contributed by atoms with Crippen molar-refractivity contribution in [1.82, 2.24) is 4.90 Å². The molecule has 0 aliphatic carbocycles. The van der Waals surface area contributed by atoms with Gasteiger partial charge in [0.2, 0.25) is 5.91 Å². The molecule has 0 radical (unpaired) electrons. The maximum absolute atomic E-state index is 12.9. The number of piperidine rings is 1. The molecule has 12 heteroatoms. The molecule has 3 atom stereocenters. The number of esters is 1. The van der Waals surface area contributed by atoms with E-state index in [2.05, 4.69) is 10.0 Å². The molecule has 0 bridgehead atoms. The molecule has 4 N–H and O–H groups in total. The van der Waals surface area contributed by atoms with Crippen LogP contribution in [-0.4, -0.2) is 58.6 Å². The van der Waals surface area contributed by atoms with E-state index in [1.54, 1.807) is 12.1 Å². The SMILES string of the molecule is CC(N)C(=O)N1C[C@@H](CCB(O)O)C[C@@](N=[N+]=[N-])(C(=O)OCc2ccccc2)C1.Cl. The predicted octanol–water partition coefficient (Wildman–Crippen LogP) is 1.26. The Balaban J connectivity index is 0.00000450. The zero-order valence-corrected chi connectivity index (χ0v) is 17.6. The number of hydrogen-bond donors (Lipinski definition) is 3. The molecule has 1 aromatic rings. The third-order valence-corrected chi connectivity index (χ3v) is 4.92. The fraction of sp³-hybridized carbons (Fsp3) is 0.556. The molecule has 0 aromatic heterocycles. The molecule has 1 aliphatic rings. The zero-order chi connectivity index (χ0) is 21.4. The van der Waals surface area contributed by atoms with Crippen LogP contribution in [0, 0.1) is 5.92 Å². The number of azide groups is 1. The number of rotatable bonds is 8. The highest BCUT2D eigenvalue weighted by atomic mass is 35.5. The van der Waals surface area contributed by atoms with Crippen molar-refractivity contribution in [2.24, 2.45) is 16.8 Å². The van der Waals surface area contributed by atoms with Crippen LogP contribution in [0.3, 0.4) is 0 Å². The van der Waals surface area contributed by atoms with Gasteiger partial charge in [-0.2, -0.15) is 0 Å². The number of nitrogens with two attached hydrogens (primary N) is 1. The maximum Gasteiger partial charge on any atom is 0.451 e. The molecule has 0 saturated carbocycles. The maximum atomic E-state index is 12.9. The molecule has 0 spiro atoms. The lowest BCUT2D eigenvalue weighted by Gasteiger charge is -2.42. The Labute approximate surface area is 181 Å². The summed E-state index contributed by atoms with van der Waals surface area (Å²) in [6.07, 6.45) is 0.533. The minimum Gasteiger partial charge on any atom is -0.460 e. The number of halogens is 1. The first-order chi connectivity index (χ1) is 13.8. The van der Waals surface area contributed by atoms with Crippen LogP contribution >= 0.6 is 12.4 Å². The second-order valence-corrected chi connectivity index (χ2v) is 7.42. The number of likely N-dealkylation sites (tertiary alicyclic amines) is 1. The van der Waals surface area contributed by atoms with Gasteiger partial charge < -0.3 is 25.4 Å². The van der Waals surface area contributed by atoms with Gasteiger partial charge in [-0.05, 0) is 36.7 Å². The number of benzene rings is 1. The van der Waals surface area contributed by atoms with Crippen molar-refractivity contribution in [1.29, 1.82) is 0 Å². The molecule has 2 rings (SSSR count). The van der Waals surface area contributed by atoms with Gasteiger partial charge in [-0.25, -0.2) is 0 Å². The van der Waals surface area contributed by atoms with Crippen LogP contribution < -0.4 is 5.73 Å². The first-order valence-corrected chi connectivity index (χ1v) is 9.45. The Kier molecular flexibility index (Phi) is 10.1. The fourth-order valence-electron chi connectivity index (χ4n) is 3.54. The zero-order valence-electron chi connectivity index (χ0n) is 16.8. The molecule has 164 valence electrons. The summed E-state index contributed by atoms with van der Waals surface area (Å²) in [4.78, 5) is 29.7. The molecular weight excluding hydrogens is 412 g/mol. The molecule has 30 heavy (non-hydrogen) atoms. The molecule has 1 fully saturated rings. The van der Waals surface area contributed by atoms with Crippen LogP contribution in [0.1, 0.15) is 25.3 Å². The Bertz CT molecular complexity index is 763. The molecule has 1 heterocycles. The van der Waals surface area contributed by atoms with Gasteiger partial charge in [-0.15, -0.1) is 12.4 Å². The number of amides is 1. The standard InChI is InChI=1S/C18H26BN5O5.ClH/c1-13(20)16(25)24-10-15(7-8-19(27)28)9-18(12-24,22-23-21)17(26)29-11-14-5-3-2-4-6-14;/h2-6,13,15,27-28H,7-12,20H2,1H3;1H/t13?,15-,18-;/m0./s1. The van der Waals surface area contributed by atoms with E-state index in [0.717, 1.165) is 5.56 Å². The summed E-state index contributed by atoms with van der Waals surface area (Å²) in [5, 5.41) is 22.1. The largest absolute Gasteiger partial charge is 0.460 e. The highest BCUT2D eigenvalue weighted by Gasteiger charge is 2.48. The molecule has 1 unspecified atom stereocenters. The normalized spacial score (nSPS) is 21.6. The van der Waals surface area contributed by atoms with Crippen molar-refractivity contribution in [2.75, 3.05) is 13.1 Å². The average Bonchev–Trinajstić information content (AvgIpc) is 2.70. The fourth-order valence-corrected chi connectivity index (χ4v) is 3.54. The van der Waals surface area contributed by atoms with E-state index in [9.17, 15) is 19.6 Å². The summed E-state index contributed by atoms with van der Waals surface area (Å²) in [7, 11) is -1.51. The molecule has 10 nitrogen and oxygen atoms in total. The minimum atomic E-state index is -1.60. The Morgan fingerprint density at radius 1 is 1.43 bits per heavy atom. The third kappa shape index (κ3) is 6.89. The van der Waals surface area contributed by atoms with Crippen molar-refractivity contribution < 1.29 is 24.4 Å². The van der Waals surface area contributed by atoms with Crippen molar-refractivity contribution in [2.45, 2.75) is 44.3 Å². The van der Waals surface area contributed by atoms with E-state index < -0.39 is 24.7 Å². The van der Waals surface area contributed by atoms with E-state index in [1.807, 2.05) is 18.2 Å². The van der Waals surface area contributed by atoms with Crippen LogP contribution in [0.2, 0.25) is 6.32 Å². The molecule has 1 amide bonds. The summed E-state index contributed by atoms with van der Waals surface area (Å²) in [5.41, 5.74) is 14.0. The molecule has 1 saturated heterocycles. The van der Waals surface area contributed by atoms with E-state index in [0.29, 0.717) is 6.42 Å². The van der Waals surface area contributed by atoms with Gasteiger partial charge >= 0.3 is 13.1 Å². The highest BCUT2D eigenvalue weighted by molar-refractivity contribution is 6.40. The van der Waals surface area contributed by atoms with Crippen LogP contribution in [0.25, 0.3) is 10.4 Å². The summed E-state index contributed by atoms with van der Waals surface area (Å²) >= 11 is 0. The lowest BCUT2D eigenvalue weighted by Crippen LogP contribution is -2.59. The van der Waals surface area contributed by atoms with E-state index >= 15 is 0 Å². The topological polar surface area (TPSA) is 162 Å². The monoisotopic (exact) mass is 439 g/mol. The van der Waals surface area contributed by atoms with E-state index in [1.165, 1.54) is 11.8 Å². The Hall–Kier alpha value is -2.30. The van der Waals surface area contributed by atoms with Crippen LogP contribution in [0.4, 0.5) is 0 Å². The molecule has 1 aromatic carbocycles. The number of carbonyl (C=O) groups is 2. The van der Waals surface area contributed by atoms with Gasteiger partial charge in [0.05, 0.1) is 6.04 Å². The lowest BCUT2D eigenvalue weighted by molar-refractivity contribution is -0.156. The van der Waals surface area contributed by atoms with Gasteiger partial charge in [-0.3, -0.25) is 9.59 Å². The van der Waals surface area contributed by atoms with Crippen LogP contribution in [0.15, 0.2) is 35.4 Å². The van der Waals surface area contributed by atoms with E-state index in [-0.39, 0.29) is 56.7 Å². The lowest BCUT2D eigenvalue weighted by atomic mass is 9.75. The second-order valence-electron chi connectivity index (χ2n) is 7.42. The van der Waals surface area contributed by atoms with E-state index in [4.69, 9.17) is 16.0 Å². The third-order valence-electron chi connectivity index (χ3n) is 4.92. The van der Waals surface area contributed by atoms with Gasteiger partial charge in [0.25, 0.3) is 0 Å². The van der Waals surface area contributed by atoms with Crippen molar-refractivity contribution in [3.8, 4) is 0 Å². The number of hydrogen-bond acceptors (Lipinski definition) is 7. The highest BCUT2D eigenvalue weighted by Crippen LogP contribution is 2.34. The van der Waals surface area contributed by atoms with Gasteiger partial charge in [0.1, 0.15) is 6.61 Å². The number of nitrogens with zero attached hydrogens (tertiary/aromatic N) is 4. The number of carbonyl (C=O) groups excluding carboxylic acids is 2. The van der Waals surface area contributed by atoms with Crippen LogP contribution in [0.5, 0.6) is 0 Å². The first kappa shape index (κ1) is 25.7. The summed E-state index contributed by atoms with van der Waals surface area (Å²) in [6.45, 7) is 1.68. The Morgan fingerprint density at radius 3 is 2.67 bits per heavy atom. The van der Waals surface area contributed by atoms with Gasteiger partial charge in [0.15, 0.2) is 5.54 Å². The number of ether oxygens (including phenoxy) is 1. The van der Waals surface area contributed by atoms with Gasteiger partial charge in [0, 0.05) is 18.0 Å². The Morgan fingerprint density at radius 2 is 2.10 bits per heavy atom. The summed E-state index contributed by atoms with van der Waals surface area (Å²) in [5.74, 6) is -1.40. The van der Waals surface area contributed by atoms with Gasteiger partial charge in [-0.1, -0.05) is 41.9 Å². The first-order valence-electron chi connectivity index (χ1n) is 9.45. The predicted molar refractivity (Wildman–Crippen MR) is 113 cm³/mol. The second kappa shape index (κ2) is 11.8. The van der Waals surface area contributed by atoms with Crippen LogP contribution in [-0.2, 0) is 20.9 Å².